The fourth-order valence-electron chi connectivity index (χ4n) is 3.52. The topological polar surface area (TPSA) is 124 Å². The molecule has 0 aliphatic carbocycles. The lowest BCUT2D eigenvalue weighted by molar-refractivity contribution is -0.120. The quantitative estimate of drug-likeness (QED) is 0.435. The van der Waals surface area contributed by atoms with Gasteiger partial charge in [-0.05, 0) is 23.6 Å². The summed E-state index contributed by atoms with van der Waals surface area (Å²) in [5, 5.41) is 11.0. The molecule has 164 valence electrons. The highest BCUT2D eigenvalue weighted by atomic mass is 32.2. The molecular weight excluding hydrogens is 428 g/mol. The third-order valence-corrected chi connectivity index (χ3v) is 6.49. The minimum absolute atomic E-state index is 0.117. The molecule has 10 heteroatoms. The van der Waals surface area contributed by atoms with Crippen molar-refractivity contribution in [2.75, 3.05) is 0 Å². The highest BCUT2D eigenvalue weighted by Gasteiger charge is 2.28. The number of para-hydroxylation sites is 1. The zero-order chi connectivity index (χ0) is 22.8. The van der Waals surface area contributed by atoms with Crippen molar-refractivity contribution in [1.29, 1.82) is 0 Å². The molecule has 3 N–H and O–H groups in total. The van der Waals surface area contributed by atoms with Crippen LogP contribution in [0.5, 0.6) is 0 Å². The van der Waals surface area contributed by atoms with E-state index in [-0.39, 0.29) is 11.5 Å². The van der Waals surface area contributed by atoms with Gasteiger partial charge in [-0.25, -0.2) is 4.79 Å². The molecule has 9 nitrogen and oxygen atoms in total. The zero-order valence-electron chi connectivity index (χ0n) is 17.6. The number of aromatic nitrogens is 4. The maximum Gasteiger partial charge on any atom is 0.318 e. The van der Waals surface area contributed by atoms with Crippen molar-refractivity contribution in [3.05, 3.63) is 70.5 Å². The Balaban J connectivity index is 1.88. The van der Waals surface area contributed by atoms with Crippen molar-refractivity contribution in [3.8, 4) is 0 Å². The smallest absolute Gasteiger partial charge is 0.318 e. The molecule has 1 unspecified atom stereocenters. The van der Waals surface area contributed by atoms with E-state index in [0.29, 0.717) is 28.4 Å². The van der Waals surface area contributed by atoms with Crippen LogP contribution in [0.3, 0.4) is 0 Å². The first kappa shape index (κ1) is 21.6. The van der Waals surface area contributed by atoms with Crippen LogP contribution in [0.25, 0.3) is 16.7 Å². The number of thioether (sulfide) groups is 1. The zero-order valence-corrected chi connectivity index (χ0v) is 18.4. The number of rotatable bonds is 6. The molecule has 32 heavy (non-hydrogen) atoms. The number of benzene rings is 2. The van der Waals surface area contributed by atoms with Gasteiger partial charge in [0.05, 0.1) is 22.7 Å². The van der Waals surface area contributed by atoms with Crippen LogP contribution >= 0.6 is 11.8 Å². The number of amides is 3. The molecule has 0 radical (unpaired) electrons. The summed E-state index contributed by atoms with van der Waals surface area (Å²) in [6.45, 7) is 4.06. The summed E-state index contributed by atoms with van der Waals surface area (Å²) >= 11 is 1.17. The minimum Gasteiger partial charge on any atom is -0.351 e. The van der Waals surface area contributed by atoms with E-state index < -0.39 is 17.2 Å². The van der Waals surface area contributed by atoms with Crippen molar-refractivity contribution in [2.24, 2.45) is 11.7 Å². The van der Waals surface area contributed by atoms with Crippen molar-refractivity contribution in [3.63, 3.8) is 0 Å². The predicted molar refractivity (Wildman–Crippen MR) is 123 cm³/mol. The van der Waals surface area contributed by atoms with E-state index in [2.05, 4.69) is 15.5 Å². The van der Waals surface area contributed by atoms with Crippen molar-refractivity contribution in [2.45, 2.75) is 30.8 Å². The lowest BCUT2D eigenvalue weighted by Crippen LogP contribution is -2.42. The monoisotopic (exact) mass is 450 g/mol. The Morgan fingerprint density at radius 1 is 1.06 bits per heavy atom. The van der Waals surface area contributed by atoms with E-state index in [9.17, 15) is 14.4 Å². The largest absolute Gasteiger partial charge is 0.351 e. The van der Waals surface area contributed by atoms with Gasteiger partial charge in [-0.2, -0.15) is 0 Å². The summed E-state index contributed by atoms with van der Waals surface area (Å²) in [6, 6.07) is 15.9. The molecule has 0 saturated carbocycles. The highest BCUT2D eigenvalue weighted by molar-refractivity contribution is 8.00. The molecule has 2 heterocycles. The molecule has 0 bridgehead atoms. The average molecular weight is 451 g/mol. The lowest BCUT2D eigenvalue weighted by Gasteiger charge is -2.18. The predicted octanol–water partition coefficient (Wildman–Crippen LogP) is 2.40. The Bertz CT molecular complexity index is 1360. The summed E-state index contributed by atoms with van der Waals surface area (Å²) in [4.78, 5) is 37.0. The second kappa shape index (κ2) is 8.83. The van der Waals surface area contributed by atoms with Crippen LogP contribution in [0, 0.1) is 5.92 Å². The summed E-state index contributed by atoms with van der Waals surface area (Å²) in [6.07, 6.45) is 0. The standard InChI is InChI=1S/C22H22N6O3S/c1-13(2)17(18(29)24-20(23)31)32-22-26-25-21-27(12-14-8-4-3-5-9-14)19(30)15-10-6-7-11-16(15)28(21)22/h3-11,13,17H,12H2,1-2H3,(H3,23,24,29,31). The number of carbonyl (C=O) groups excluding carboxylic acids is 2. The van der Waals surface area contributed by atoms with Gasteiger partial charge in [-0.15, -0.1) is 10.2 Å². The normalized spacial score (nSPS) is 12.3. The van der Waals surface area contributed by atoms with Crippen molar-refractivity contribution < 1.29 is 9.59 Å². The lowest BCUT2D eigenvalue weighted by atomic mass is 10.1. The van der Waals surface area contributed by atoms with E-state index in [1.807, 2.05) is 56.3 Å². The fraction of sp³-hybridized carbons (Fsp3) is 0.227. The van der Waals surface area contributed by atoms with Crippen molar-refractivity contribution in [1.82, 2.24) is 24.5 Å². The summed E-state index contributed by atoms with van der Waals surface area (Å²) < 4.78 is 3.35. The second-order valence-corrected chi connectivity index (χ2v) is 8.76. The number of hydrogen-bond acceptors (Lipinski definition) is 6. The molecule has 4 aromatic rings. The van der Waals surface area contributed by atoms with Gasteiger partial charge in [0.15, 0.2) is 5.16 Å². The highest BCUT2D eigenvalue weighted by Crippen LogP contribution is 2.29. The number of primary amides is 1. The number of carbonyl (C=O) groups is 2. The molecule has 2 aromatic heterocycles. The number of urea groups is 1. The Labute approximate surface area is 187 Å². The van der Waals surface area contributed by atoms with Gasteiger partial charge >= 0.3 is 6.03 Å². The van der Waals surface area contributed by atoms with E-state index in [1.165, 1.54) is 11.8 Å². The van der Waals surface area contributed by atoms with Gasteiger partial charge in [-0.1, -0.05) is 68.1 Å². The van der Waals surface area contributed by atoms with E-state index in [4.69, 9.17) is 5.73 Å². The Morgan fingerprint density at radius 2 is 1.75 bits per heavy atom. The molecule has 3 amide bonds. The molecule has 4 rings (SSSR count). The summed E-state index contributed by atoms with van der Waals surface area (Å²) in [5.41, 5.74) is 6.54. The SMILES string of the molecule is CC(C)C(Sc1nnc2n(Cc3ccccc3)c(=O)c3ccccc3n12)C(=O)NC(N)=O. The average Bonchev–Trinajstić information content (AvgIpc) is 3.18. The van der Waals surface area contributed by atoms with Crippen LogP contribution in [0.4, 0.5) is 4.79 Å². The Morgan fingerprint density at radius 3 is 2.44 bits per heavy atom. The molecule has 0 aliphatic heterocycles. The van der Waals surface area contributed by atoms with Gasteiger partial charge in [-0.3, -0.25) is 23.9 Å². The van der Waals surface area contributed by atoms with E-state index in [1.54, 1.807) is 21.1 Å². The number of nitrogens with two attached hydrogens (primary N) is 1. The fourth-order valence-corrected chi connectivity index (χ4v) is 4.56. The Kier molecular flexibility index (Phi) is 5.95. The minimum atomic E-state index is -0.908. The molecule has 0 aliphatic rings. The second-order valence-electron chi connectivity index (χ2n) is 7.65. The number of hydrogen-bond donors (Lipinski definition) is 2. The first-order valence-electron chi connectivity index (χ1n) is 10.0. The van der Waals surface area contributed by atoms with Gasteiger partial charge < -0.3 is 5.73 Å². The van der Waals surface area contributed by atoms with Crippen LogP contribution in [0.1, 0.15) is 19.4 Å². The number of fused-ring (bicyclic) bond motifs is 3. The van der Waals surface area contributed by atoms with Crippen LogP contribution in [0.2, 0.25) is 0 Å². The first-order valence-corrected chi connectivity index (χ1v) is 10.9. The van der Waals surface area contributed by atoms with Crippen LogP contribution in [-0.2, 0) is 11.3 Å². The number of nitrogens with one attached hydrogen (secondary N) is 1. The van der Waals surface area contributed by atoms with Crippen LogP contribution in [0.15, 0.2) is 64.5 Å². The summed E-state index contributed by atoms with van der Waals surface area (Å²) in [7, 11) is 0. The van der Waals surface area contributed by atoms with E-state index in [0.717, 1.165) is 5.56 Å². The first-order chi connectivity index (χ1) is 15.4. The van der Waals surface area contributed by atoms with Gasteiger partial charge in [0.25, 0.3) is 5.56 Å². The molecule has 2 aromatic carbocycles. The summed E-state index contributed by atoms with van der Waals surface area (Å²) in [5.74, 6) is -0.248. The van der Waals surface area contributed by atoms with Gasteiger partial charge in [0.2, 0.25) is 11.7 Å². The van der Waals surface area contributed by atoms with Crippen LogP contribution < -0.4 is 16.6 Å². The molecule has 1 atom stereocenters. The van der Waals surface area contributed by atoms with Gasteiger partial charge in [0, 0.05) is 0 Å². The number of nitrogens with zero attached hydrogens (tertiary/aromatic N) is 4. The van der Waals surface area contributed by atoms with Gasteiger partial charge in [0.1, 0.15) is 0 Å². The Hall–Kier alpha value is -3.66. The molecule has 0 fully saturated rings. The third-order valence-electron chi connectivity index (χ3n) is 5.00. The molecular formula is C22H22N6O3S. The van der Waals surface area contributed by atoms with E-state index >= 15 is 0 Å². The number of imide groups is 1. The molecule has 0 saturated heterocycles. The van der Waals surface area contributed by atoms with Crippen molar-refractivity contribution >= 4 is 40.4 Å². The third kappa shape index (κ3) is 4.09. The molecule has 0 spiro atoms. The van der Waals surface area contributed by atoms with Crippen LogP contribution in [-0.4, -0.2) is 36.4 Å². The maximum atomic E-state index is 13.3. The maximum absolute atomic E-state index is 13.3.